The van der Waals surface area contributed by atoms with Gasteiger partial charge in [0.1, 0.15) is 17.7 Å². The number of carboxylic acid groups (broad SMARTS) is 1. The molecule has 1 aromatic heterocycles. The van der Waals surface area contributed by atoms with Crippen LogP contribution in [0.4, 0.5) is 4.79 Å². The van der Waals surface area contributed by atoms with Crippen LogP contribution in [0.25, 0.3) is 0 Å². The Morgan fingerprint density at radius 3 is 2.95 bits per heavy atom. The van der Waals surface area contributed by atoms with Gasteiger partial charge in [-0.15, -0.1) is 0 Å². The third-order valence-corrected chi connectivity index (χ3v) is 3.90. The number of carboxylic acids is 1. The monoisotopic (exact) mass is 281 g/mol. The lowest BCUT2D eigenvalue weighted by molar-refractivity contribution is -0.148. The minimum Gasteiger partial charge on any atom is -0.479 e. The van der Waals surface area contributed by atoms with Crippen molar-refractivity contribution >= 4 is 12.0 Å². The lowest BCUT2D eigenvalue weighted by atomic mass is 9.93. The number of likely N-dealkylation sites (tertiary alicyclic amines) is 1. The van der Waals surface area contributed by atoms with E-state index in [-0.39, 0.29) is 12.1 Å². The van der Waals surface area contributed by atoms with Gasteiger partial charge in [0.2, 0.25) is 0 Å². The topological polar surface area (TPSA) is 111 Å². The zero-order chi connectivity index (χ0) is 14.8. The molecule has 1 saturated heterocycles. The van der Waals surface area contributed by atoms with Gasteiger partial charge in [-0.05, 0) is 26.2 Å². The first-order chi connectivity index (χ1) is 9.51. The molecule has 1 aliphatic rings. The van der Waals surface area contributed by atoms with Gasteiger partial charge in [-0.2, -0.15) is 5.10 Å². The number of amides is 2. The van der Waals surface area contributed by atoms with Crippen LogP contribution in [-0.2, 0) is 4.79 Å². The molecule has 0 spiro atoms. The second-order valence-electron chi connectivity index (χ2n) is 4.99. The summed E-state index contributed by atoms with van der Waals surface area (Å²) in [6.07, 6.45) is 2.95. The van der Waals surface area contributed by atoms with E-state index in [1.807, 2.05) is 0 Å². The van der Waals surface area contributed by atoms with Gasteiger partial charge >= 0.3 is 12.0 Å². The van der Waals surface area contributed by atoms with Crippen molar-refractivity contribution in [1.29, 1.82) is 0 Å². The normalized spacial score (nSPS) is 23.6. The van der Waals surface area contributed by atoms with Gasteiger partial charge < -0.3 is 15.3 Å². The van der Waals surface area contributed by atoms with Crippen LogP contribution < -0.4 is 5.32 Å². The number of aromatic nitrogens is 3. The van der Waals surface area contributed by atoms with Gasteiger partial charge in [0.25, 0.3) is 0 Å². The molecule has 3 N–H and O–H groups in total. The summed E-state index contributed by atoms with van der Waals surface area (Å²) in [5, 5.41) is 18.6. The van der Waals surface area contributed by atoms with Crippen LogP contribution in [0.3, 0.4) is 0 Å². The predicted octanol–water partition coefficient (Wildman–Crippen LogP) is 0.904. The Balaban J connectivity index is 2.10. The minimum absolute atomic E-state index is 0.353. The van der Waals surface area contributed by atoms with Crippen LogP contribution in [0.5, 0.6) is 0 Å². The smallest absolute Gasteiger partial charge is 0.329 e. The molecule has 2 rings (SSSR count). The number of aromatic amines is 1. The van der Waals surface area contributed by atoms with Crippen molar-refractivity contribution in [3.63, 3.8) is 0 Å². The van der Waals surface area contributed by atoms with Crippen molar-refractivity contribution in [2.75, 3.05) is 6.54 Å². The Kier molecular flexibility index (Phi) is 3.91. The van der Waals surface area contributed by atoms with Gasteiger partial charge in [-0.1, -0.05) is 6.92 Å². The number of hydrogen-bond acceptors (Lipinski definition) is 4. The Bertz CT molecular complexity index is 489. The van der Waals surface area contributed by atoms with Crippen molar-refractivity contribution < 1.29 is 14.7 Å². The minimum atomic E-state index is -1.09. The zero-order valence-corrected chi connectivity index (χ0v) is 11.6. The Morgan fingerprint density at radius 2 is 2.40 bits per heavy atom. The van der Waals surface area contributed by atoms with E-state index >= 15 is 0 Å². The fraction of sp³-hybridized carbons (Fsp3) is 0.667. The number of urea groups is 1. The van der Waals surface area contributed by atoms with Crippen LogP contribution >= 0.6 is 0 Å². The second kappa shape index (κ2) is 5.48. The highest BCUT2D eigenvalue weighted by Crippen LogP contribution is 2.33. The summed E-state index contributed by atoms with van der Waals surface area (Å²) in [6, 6.07) is -0.732. The van der Waals surface area contributed by atoms with Gasteiger partial charge in [0.05, 0.1) is 6.04 Å². The molecule has 2 atom stereocenters. The number of carbonyl (C=O) groups is 2. The van der Waals surface area contributed by atoms with E-state index in [1.54, 1.807) is 13.8 Å². The molecule has 8 heteroatoms. The molecule has 2 amide bonds. The molecule has 0 radical (unpaired) electrons. The first-order valence-corrected chi connectivity index (χ1v) is 6.68. The number of rotatable bonds is 4. The van der Waals surface area contributed by atoms with Crippen molar-refractivity contribution in [2.45, 2.75) is 44.7 Å². The summed E-state index contributed by atoms with van der Waals surface area (Å²) in [7, 11) is 0. The summed E-state index contributed by atoms with van der Waals surface area (Å²) in [5.74, 6) is -0.407. The van der Waals surface area contributed by atoms with Crippen molar-refractivity contribution in [3.8, 4) is 0 Å². The first-order valence-electron chi connectivity index (χ1n) is 6.68. The maximum absolute atomic E-state index is 12.3. The molecule has 0 bridgehead atoms. The molecule has 0 saturated carbocycles. The molecule has 0 aliphatic carbocycles. The average molecular weight is 281 g/mol. The molecule has 2 unspecified atom stereocenters. The molecule has 8 nitrogen and oxygen atoms in total. The Hall–Kier alpha value is -2.12. The van der Waals surface area contributed by atoms with Crippen molar-refractivity contribution in [3.05, 3.63) is 12.2 Å². The van der Waals surface area contributed by atoms with E-state index in [0.717, 1.165) is 0 Å². The van der Waals surface area contributed by atoms with Gasteiger partial charge in [-0.3, -0.25) is 5.10 Å². The van der Waals surface area contributed by atoms with Crippen LogP contribution in [-0.4, -0.2) is 49.3 Å². The molecule has 1 aromatic rings. The van der Waals surface area contributed by atoms with E-state index in [4.69, 9.17) is 0 Å². The maximum atomic E-state index is 12.3. The quantitative estimate of drug-likeness (QED) is 0.759. The average Bonchev–Trinajstić information content (AvgIpc) is 3.08. The number of carbonyl (C=O) groups excluding carboxylic acids is 1. The van der Waals surface area contributed by atoms with E-state index in [9.17, 15) is 14.7 Å². The zero-order valence-electron chi connectivity index (χ0n) is 11.6. The molecule has 0 aromatic carbocycles. The van der Waals surface area contributed by atoms with E-state index in [1.165, 1.54) is 11.2 Å². The molecule has 1 aliphatic heterocycles. The first kappa shape index (κ1) is 14.3. The largest absolute Gasteiger partial charge is 0.479 e. The van der Waals surface area contributed by atoms with Crippen LogP contribution in [0.15, 0.2) is 6.33 Å². The number of H-pyrrole nitrogens is 1. The van der Waals surface area contributed by atoms with E-state index < -0.39 is 11.5 Å². The van der Waals surface area contributed by atoms with Gasteiger partial charge in [0.15, 0.2) is 0 Å². The number of hydrogen-bond donors (Lipinski definition) is 3. The molecule has 2 heterocycles. The summed E-state index contributed by atoms with van der Waals surface area (Å²) >= 11 is 0. The van der Waals surface area contributed by atoms with Crippen molar-refractivity contribution in [2.24, 2.45) is 0 Å². The van der Waals surface area contributed by atoms with Gasteiger partial charge in [-0.25, -0.2) is 14.6 Å². The molecule has 110 valence electrons. The standard InChI is InChI=1S/C12H19N5O3/c1-3-12(10(18)19)5-4-6-17(12)11(20)15-8(2)9-13-7-14-16-9/h7-8H,3-6H2,1-2H3,(H,15,20)(H,18,19)(H,13,14,16). The third-order valence-electron chi connectivity index (χ3n) is 3.90. The lowest BCUT2D eigenvalue weighted by Gasteiger charge is -2.34. The summed E-state index contributed by atoms with van der Waals surface area (Å²) in [5.41, 5.74) is -1.09. The number of nitrogens with zero attached hydrogens (tertiary/aromatic N) is 3. The van der Waals surface area contributed by atoms with E-state index in [2.05, 4.69) is 20.5 Å². The Labute approximate surface area is 116 Å². The van der Waals surface area contributed by atoms with Crippen molar-refractivity contribution in [1.82, 2.24) is 25.4 Å². The van der Waals surface area contributed by atoms with Gasteiger partial charge in [0, 0.05) is 6.54 Å². The summed E-state index contributed by atoms with van der Waals surface area (Å²) in [4.78, 5) is 29.2. The predicted molar refractivity (Wildman–Crippen MR) is 69.9 cm³/mol. The molecule has 1 fully saturated rings. The Morgan fingerprint density at radius 1 is 1.65 bits per heavy atom. The maximum Gasteiger partial charge on any atom is 0.329 e. The molecular formula is C12H19N5O3. The fourth-order valence-corrected chi connectivity index (χ4v) is 2.67. The van der Waals surface area contributed by atoms with E-state index in [0.29, 0.717) is 31.6 Å². The SMILES string of the molecule is CCC1(C(=O)O)CCCN1C(=O)NC(C)c1ncn[nH]1. The molecular weight excluding hydrogens is 262 g/mol. The highest BCUT2D eigenvalue weighted by Gasteiger charge is 2.48. The summed E-state index contributed by atoms with van der Waals surface area (Å²) in [6.45, 7) is 4.01. The summed E-state index contributed by atoms with van der Waals surface area (Å²) < 4.78 is 0. The highest BCUT2D eigenvalue weighted by molar-refractivity contribution is 5.87. The van der Waals surface area contributed by atoms with Crippen LogP contribution in [0.1, 0.15) is 45.0 Å². The number of nitrogens with one attached hydrogen (secondary N) is 2. The highest BCUT2D eigenvalue weighted by atomic mass is 16.4. The number of aliphatic carboxylic acids is 1. The van der Waals surface area contributed by atoms with Crippen LogP contribution in [0, 0.1) is 0 Å². The van der Waals surface area contributed by atoms with Crippen LogP contribution in [0.2, 0.25) is 0 Å². The molecule has 20 heavy (non-hydrogen) atoms. The fourth-order valence-electron chi connectivity index (χ4n) is 2.67. The second-order valence-corrected chi connectivity index (χ2v) is 4.99. The lowest BCUT2D eigenvalue weighted by Crippen LogP contribution is -2.55. The third kappa shape index (κ3) is 2.33.